The largest absolute Gasteiger partial charge is 0.485 e. The molecule has 13 heavy (non-hydrogen) atoms. The highest BCUT2D eigenvalue weighted by molar-refractivity contribution is 5.58. The van der Waals surface area contributed by atoms with Gasteiger partial charge in [0.05, 0.1) is 12.3 Å². The second kappa shape index (κ2) is 3.26. The van der Waals surface area contributed by atoms with E-state index >= 15 is 0 Å². The van der Waals surface area contributed by atoms with Crippen molar-refractivity contribution in [1.82, 2.24) is 0 Å². The van der Waals surface area contributed by atoms with Gasteiger partial charge in [-0.3, -0.25) is 0 Å². The van der Waals surface area contributed by atoms with E-state index in [2.05, 4.69) is 0 Å². The van der Waals surface area contributed by atoms with Gasteiger partial charge in [0.15, 0.2) is 0 Å². The molecule has 1 aromatic rings. The molecule has 0 aliphatic carbocycles. The van der Waals surface area contributed by atoms with E-state index in [4.69, 9.17) is 15.2 Å². The maximum Gasteiger partial charge on any atom is 0.146 e. The van der Waals surface area contributed by atoms with Crippen LogP contribution < -0.4 is 10.5 Å². The third-order valence-electron chi connectivity index (χ3n) is 2.21. The summed E-state index contributed by atoms with van der Waals surface area (Å²) >= 11 is 0. The molecule has 2 rings (SSSR count). The lowest BCUT2D eigenvalue weighted by Crippen LogP contribution is -2.19. The third kappa shape index (κ3) is 1.47. The minimum absolute atomic E-state index is 0.129. The number of para-hydroxylation sites is 1. The topological polar surface area (TPSA) is 44.5 Å². The summed E-state index contributed by atoms with van der Waals surface area (Å²) in [6, 6.07) is 5.85. The van der Waals surface area contributed by atoms with Crippen LogP contribution in [0.2, 0.25) is 0 Å². The summed E-state index contributed by atoms with van der Waals surface area (Å²) in [5, 5.41) is 0. The van der Waals surface area contributed by atoms with Gasteiger partial charge in [0, 0.05) is 19.1 Å². The maximum atomic E-state index is 5.76. The highest BCUT2D eigenvalue weighted by Crippen LogP contribution is 2.33. The molecular weight excluding hydrogens is 166 g/mol. The van der Waals surface area contributed by atoms with E-state index in [1.54, 1.807) is 7.11 Å². The fourth-order valence-corrected chi connectivity index (χ4v) is 1.64. The monoisotopic (exact) mass is 179 g/mol. The molecule has 1 unspecified atom stereocenters. The Morgan fingerprint density at radius 1 is 1.62 bits per heavy atom. The molecule has 1 heterocycles. The molecule has 0 spiro atoms. The first-order valence-electron chi connectivity index (χ1n) is 4.34. The van der Waals surface area contributed by atoms with Crippen molar-refractivity contribution in [2.24, 2.45) is 0 Å². The molecule has 0 saturated carbocycles. The quantitative estimate of drug-likeness (QED) is 0.694. The molecule has 1 aliphatic heterocycles. The molecular formula is C10H13NO2. The molecule has 2 N–H and O–H groups in total. The van der Waals surface area contributed by atoms with Crippen molar-refractivity contribution < 1.29 is 9.47 Å². The van der Waals surface area contributed by atoms with Crippen LogP contribution in [0.3, 0.4) is 0 Å². The van der Waals surface area contributed by atoms with Crippen LogP contribution >= 0.6 is 0 Å². The normalized spacial score (nSPS) is 19.6. The molecule has 0 bridgehead atoms. The van der Waals surface area contributed by atoms with Crippen molar-refractivity contribution in [2.45, 2.75) is 12.5 Å². The number of methoxy groups -OCH3 is 1. The smallest absolute Gasteiger partial charge is 0.146 e. The molecule has 0 saturated heterocycles. The third-order valence-corrected chi connectivity index (χ3v) is 2.21. The van der Waals surface area contributed by atoms with E-state index in [0.29, 0.717) is 6.61 Å². The van der Waals surface area contributed by atoms with Gasteiger partial charge in [0.2, 0.25) is 0 Å². The Balaban J connectivity index is 2.20. The van der Waals surface area contributed by atoms with Crippen LogP contribution in [0.1, 0.15) is 5.56 Å². The van der Waals surface area contributed by atoms with Gasteiger partial charge in [-0.05, 0) is 6.07 Å². The lowest BCUT2D eigenvalue weighted by atomic mass is 10.1. The molecule has 0 aromatic heterocycles. The summed E-state index contributed by atoms with van der Waals surface area (Å²) in [6.45, 7) is 0.619. The Hall–Kier alpha value is -1.22. The number of nitrogen functional groups attached to an aromatic ring is 1. The van der Waals surface area contributed by atoms with Gasteiger partial charge in [-0.2, -0.15) is 0 Å². The van der Waals surface area contributed by atoms with Gasteiger partial charge >= 0.3 is 0 Å². The van der Waals surface area contributed by atoms with E-state index in [-0.39, 0.29) is 6.10 Å². The first kappa shape index (κ1) is 8.38. The highest BCUT2D eigenvalue weighted by atomic mass is 16.5. The molecule has 1 atom stereocenters. The van der Waals surface area contributed by atoms with Crippen LogP contribution in [-0.2, 0) is 11.2 Å². The molecule has 70 valence electrons. The van der Waals surface area contributed by atoms with Crippen LogP contribution in [0, 0.1) is 0 Å². The molecule has 1 aromatic carbocycles. The van der Waals surface area contributed by atoms with Gasteiger partial charge in [-0.15, -0.1) is 0 Å². The lowest BCUT2D eigenvalue weighted by molar-refractivity contribution is 0.0955. The van der Waals surface area contributed by atoms with Crippen molar-refractivity contribution in [1.29, 1.82) is 0 Å². The predicted molar refractivity (Wildman–Crippen MR) is 50.9 cm³/mol. The number of hydrogen-bond donors (Lipinski definition) is 1. The van der Waals surface area contributed by atoms with Crippen LogP contribution in [-0.4, -0.2) is 19.8 Å². The van der Waals surface area contributed by atoms with Crippen molar-refractivity contribution in [3.05, 3.63) is 23.8 Å². The average molecular weight is 179 g/mol. The van der Waals surface area contributed by atoms with Gasteiger partial charge < -0.3 is 15.2 Å². The minimum Gasteiger partial charge on any atom is -0.485 e. The maximum absolute atomic E-state index is 5.76. The zero-order chi connectivity index (χ0) is 9.26. The Morgan fingerprint density at radius 3 is 3.15 bits per heavy atom. The van der Waals surface area contributed by atoms with Crippen molar-refractivity contribution >= 4 is 5.69 Å². The summed E-state index contributed by atoms with van der Waals surface area (Å²) < 4.78 is 10.7. The number of anilines is 1. The Kier molecular flexibility index (Phi) is 2.10. The van der Waals surface area contributed by atoms with Crippen molar-refractivity contribution in [2.75, 3.05) is 19.5 Å². The SMILES string of the molecule is COCC1Cc2cccc(N)c2O1. The Labute approximate surface area is 77.5 Å². The van der Waals surface area contributed by atoms with Crippen LogP contribution in [0.15, 0.2) is 18.2 Å². The average Bonchev–Trinajstić information content (AvgIpc) is 2.49. The molecule has 0 fully saturated rings. The number of rotatable bonds is 2. The molecule has 0 amide bonds. The predicted octanol–water partition coefficient (Wildman–Crippen LogP) is 1.22. The second-order valence-electron chi connectivity index (χ2n) is 3.23. The van der Waals surface area contributed by atoms with Crippen molar-refractivity contribution in [3.63, 3.8) is 0 Å². The number of benzene rings is 1. The molecule has 3 heteroatoms. The standard InChI is InChI=1S/C10H13NO2/c1-12-6-8-5-7-3-2-4-9(11)10(7)13-8/h2-4,8H,5-6,11H2,1H3. The summed E-state index contributed by atoms with van der Waals surface area (Å²) in [6.07, 6.45) is 1.03. The second-order valence-corrected chi connectivity index (χ2v) is 3.23. The molecule has 1 aliphatic rings. The van der Waals surface area contributed by atoms with E-state index in [1.807, 2.05) is 18.2 Å². The van der Waals surface area contributed by atoms with E-state index in [0.717, 1.165) is 17.9 Å². The van der Waals surface area contributed by atoms with E-state index in [9.17, 15) is 0 Å². The Bertz CT molecular complexity index is 312. The number of nitrogens with two attached hydrogens (primary N) is 1. The first-order valence-corrected chi connectivity index (χ1v) is 4.34. The zero-order valence-corrected chi connectivity index (χ0v) is 7.62. The fraction of sp³-hybridized carbons (Fsp3) is 0.400. The van der Waals surface area contributed by atoms with Gasteiger partial charge in [0.25, 0.3) is 0 Å². The molecule has 0 radical (unpaired) electrons. The van der Waals surface area contributed by atoms with Crippen molar-refractivity contribution in [3.8, 4) is 5.75 Å². The van der Waals surface area contributed by atoms with Gasteiger partial charge in [-0.1, -0.05) is 12.1 Å². The minimum atomic E-state index is 0.129. The summed E-state index contributed by atoms with van der Waals surface area (Å²) in [5.74, 6) is 0.838. The van der Waals surface area contributed by atoms with Crippen LogP contribution in [0.4, 0.5) is 5.69 Å². The zero-order valence-electron chi connectivity index (χ0n) is 7.62. The highest BCUT2D eigenvalue weighted by Gasteiger charge is 2.23. The van der Waals surface area contributed by atoms with Crippen LogP contribution in [0.25, 0.3) is 0 Å². The molecule has 3 nitrogen and oxygen atoms in total. The summed E-state index contributed by atoms with van der Waals surface area (Å²) in [7, 11) is 1.68. The summed E-state index contributed by atoms with van der Waals surface area (Å²) in [5.41, 5.74) is 7.67. The first-order chi connectivity index (χ1) is 6.31. The van der Waals surface area contributed by atoms with E-state index in [1.165, 1.54) is 5.56 Å². The fourth-order valence-electron chi connectivity index (χ4n) is 1.64. The van der Waals surface area contributed by atoms with Gasteiger partial charge in [-0.25, -0.2) is 0 Å². The lowest BCUT2D eigenvalue weighted by Gasteiger charge is -2.09. The van der Waals surface area contributed by atoms with Crippen LogP contribution in [0.5, 0.6) is 5.75 Å². The summed E-state index contributed by atoms with van der Waals surface area (Å²) in [4.78, 5) is 0. The Morgan fingerprint density at radius 2 is 2.46 bits per heavy atom. The number of ether oxygens (including phenoxy) is 2. The van der Waals surface area contributed by atoms with E-state index < -0.39 is 0 Å². The van der Waals surface area contributed by atoms with Gasteiger partial charge in [0.1, 0.15) is 11.9 Å². The number of fused-ring (bicyclic) bond motifs is 1. The number of hydrogen-bond acceptors (Lipinski definition) is 3.